The molecule has 1 N–H and O–H groups in total. The number of hydrogen-bond donors (Lipinski definition) is 1. The monoisotopic (exact) mass is 492 g/mol. The van der Waals surface area contributed by atoms with Crippen LogP contribution in [0.15, 0.2) is 23.8 Å². The summed E-state index contributed by atoms with van der Waals surface area (Å²) in [6.45, 7) is 14.9. The molecular formula is C28H41ClO5. The SMILES string of the molecule is CCOC(OCC)c1c(C)c(Cl)c(OC)c(C/C=C(C)/C=C/[C@@]2(C)[C@H](C)CCC(=O)[C@@H]2C)c1O. The van der Waals surface area contributed by atoms with Gasteiger partial charge >= 0.3 is 0 Å². The number of ether oxygens (including phenoxy) is 3. The highest BCUT2D eigenvalue weighted by Crippen LogP contribution is 2.46. The van der Waals surface area contributed by atoms with Crippen LogP contribution in [0.25, 0.3) is 0 Å². The molecule has 0 unspecified atom stereocenters. The lowest BCUT2D eigenvalue weighted by Gasteiger charge is -2.42. The lowest BCUT2D eigenvalue weighted by Crippen LogP contribution is -2.40. The van der Waals surface area contributed by atoms with Gasteiger partial charge in [0.25, 0.3) is 0 Å². The third-order valence-corrected chi connectivity index (χ3v) is 7.91. The second kappa shape index (κ2) is 12.2. The van der Waals surface area contributed by atoms with Crippen molar-refractivity contribution in [3.8, 4) is 11.5 Å². The van der Waals surface area contributed by atoms with Gasteiger partial charge in [-0.05, 0) is 57.4 Å². The number of ketones is 1. The van der Waals surface area contributed by atoms with E-state index in [-0.39, 0.29) is 17.1 Å². The second-order valence-corrected chi connectivity index (χ2v) is 9.81. The van der Waals surface area contributed by atoms with E-state index in [1.54, 1.807) is 7.11 Å². The van der Waals surface area contributed by atoms with Gasteiger partial charge in [-0.15, -0.1) is 0 Å². The molecule has 0 spiro atoms. The van der Waals surface area contributed by atoms with Gasteiger partial charge in [-0.25, -0.2) is 0 Å². The molecule has 5 nitrogen and oxygen atoms in total. The zero-order valence-corrected chi connectivity index (χ0v) is 22.7. The molecule has 0 aromatic heterocycles. The summed E-state index contributed by atoms with van der Waals surface area (Å²) in [7, 11) is 1.55. The third-order valence-electron chi connectivity index (χ3n) is 7.46. The number of aromatic hydroxyl groups is 1. The van der Waals surface area contributed by atoms with Crippen molar-refractivity contribution in [1.82, 2.24) is 0 Å². The number of Topliss-reactive ketones (excluding diaryl/α,β-unsaturated/α-hetero) is 1. The molecule has 0 amide bonds. The average molecular weight is 493 g/mol. The molecular weight excluding hydrogens is 452 g/mol. The van der Waals surface area contributed by atoms with Crippen molar-refractivity contribution in [1.29, 1.82) is 0 Å². The average Bonchev–Trinajstić information content (AvgIpc) is 2.81. The molecule has 1 saturated carbocycles. The first-order valence-corrected chi connectivity index (χ1v) is 12.6. The van der Waals surface area contributed by atoms with E-state index in [9.17, 15) is 9.90 Å². The summed E-state index contributed by atoms with van der Waals surface area (Å²) in [5.74, 6) is 1.29. The van der Waals surface area contributed by atoms with E-state index < -0.39 is 6.29 Å². The molecule has 34 heavy (non-hydrogen) atoms. The fourth-order valence-corrected chi connectivity index (χ4v) is 4.98. The Morgan fingerprint density at radius 3 is 2.44 bits per heavy atom. The number of benzene rings is 1. The number of phenols is 1. The summed E-state index contributed by atoms with van der Waals surface area (Å²) in [4.78, 5) is 12.3. The summed E-state index contributed by atoms with van der Waals surface area (Å²) in [5, 5.41) is 11.7. The lowest BCUT2D eigenvalue weighted by molar-refractivity contribution is -0.141. The van der Waals surface area contributed by atoms with Crippen LogP contribution in [0, 0.1) is 24.2 Å². The Morgan fingerprint density at radius 1 is 1.26 bits per heavy atom. The van der Waals surface area contributed by atoms with E-state index in [0.717, 1.165) is 12.0 Å². The molecule has 0 aliphatic heterocycles. The quantitative estimate of drug-likeness (QED) is 0.278. The second-order valence-electron chi connectivity index (χ2n) is 9.44. The van der Waals surface area contributed by atoms with E-state index in [1.165, 1.54) is 0 Å². The van der Waals surface area contributed by atoms with E-state index >= 15 is 0 Å². The number of carbonyl (C=O) groups is 1. The smallest absolute Gasteiger partial charge is 0.187 e. The molecule has 1 fully saturated rings. The fourth-order valence-electron chi connectivity index (χ4n) is 4.69. The molecule has 2 rings (SSSR count). The van der Waals surface area contributed by atoms with Gasteiger partial charge in [0.05, 0.1) is 17.7 Å². The third kappa shape index (κ3) is 5.87. The van der Waals surface area contributed by atoms with E-state index in [1.807, 2.05) is 40.7 Å². The molecule has 1 aliphatic carbocycles. The number of rotatable bonds is 10. The highest BCUT2D eigenvalue weighted by Gasteiger charge is 2.41. The highest BCUT2D eigenvalue weighted by molar-refractivity contribution is 6.33. The van der Waals surface area contributed by atoms with Crippen molar-refractivity contribution in [2.45, 2.75) is 74.0 Å². The molecule has 1 aromatic carbocycles. The molecule has 1 aromatic rings. The Labute approximate surface area is 210 Å². The van der Waals surface area contributed by atoms with Gasteiger partial charge < -0.3 is 19.3 Å². The van der Waals surface area contributed by atoms with Crippen molar-refractivity contribution < 1.29 is 24.1 Å². The number of halogens is 1. The minimum absolute atomic E-state index is 0.00281. The van der Waals surface area contributed by atoms with E-state index in [4.69, 9.17) is 25.8 Å². The van der Waals surface area contributed by atoms with Crippen LogP contribution in [0.5, 0.6) is 11.5 Å². The van der Waals surface area contributed by atoms with Gasteiger partial charge in [-0.2, -0.15) is 0 Å². The van der Waals surface area contributed by atoms with Gasteiger partial charge in [0.2, 0.25) is 0 Å². The Bertz CT molecular complexity index is 929. The molecule has 0 saturated heterocycles. The van der Waals surface area contributed by atoms with Crippen LogP contribution >= 0.6 is 11.6 Å². The first-order valence-electron chi connectivity index (χ1n) is 12.2. The van der Waals surface area contributed by atoms with Crippen LogP contribution in [0.2, 0.25) is 5.02 Å². The normalized spacial score (nSPS) is 23.8. The van der Waals surface area contributed by atoms with Crippen molar-refractivity contribution in [3.05, 3.63) is 45.5 Å². The zero-order valence-electron chi connectivity index (χ0n) is 22.0. The predicted octanol–water partition coefficient (Wildman–Crippen LogP) is 7.12. The maximum atomic E-state index is 12.3. The summed E-state index contributed by atoms with van der Waals surface area (Å²) in [5.41, 5.74) is 2.65. The number of hydrogen-bond acceptors (Lipinski definition) is 5. The first-order chi connectivity index (χ1) is 16.0. The van der Waals surface area contributed by atoms with E-state index in [2.05, 4.69) is 26.0 Å². The maximum Gasteiger partial charge on any atom is 0.187 e. The molecule has 190 valence electrons. The van der Waals surface area contributed by atoms with Gasteiger partial charge in [0.1, 0.15) is 17.3 Å². The van der Waals surface area contributed by atoms with Crippen LogP contribution in [-0.2, 0) is 20.7 Å². The van der Waals surface area contributed by atoms with Crippen molar-refractivity contribution >= 4 is 17.4 Å². The lowest BCUT2D eigenvalue weighted by atomic mass is 9.61. The van der Waals surface area contributed by atoms with Crippen LogP contribution in [0.1, 0.15) is 77.4 Å². The van der Waals surface area contributed by atoms with Crippen LogP contribution < -0.4 is 4.74 Å². The number of methoxy groups -OCH3 is 1. The van der Waals surface area contributed by atoms with Crippen LogP contribution in [0.3, 0.4) is 0 Å². The van der Waals surface area contributed by atoms with Gasteiger partial charge in [0.15, 0.2) is 6.29 Å². The number of allylic oxidation sites excluding steroid dienone is 4. The Hall–Kier alpha value is -1.82. The maximum absolute atomic E-state index is 12.3. The predicted molar refractivity (Wildman–Crippen MR) is 138 cm³/mol. The molecule has 1 aliphatic rings. The minimum atomic E-state index is -0.714. The largest absolute Gasteiger partial charge is 0.507 e. The van der Waals surface area contributed by atoms with Crippen molar-refractivity contribution in [2.24, 2.45) is 17.3 Å². The van der Waals surface area contributed by atoms with Crippen molar-refractivity contribution in [3.63, 3.8) is 0 Å². The zero-order chi connectivity index (χ0) is 25.6. The number of phenolic OH excluding ortho intramolecular Hbond substituents is 1. The Kier molecular flexibility index (Phi) is 10.2. The topological polar surface area (TPSA) is 65.0 Å². The molecule has 0 heterocycles. The van der Waals surface area contributed by atoms with E-state index in [0.29, 0.717) is 65.2 Å². The fraction of sp³-hybridized carbons (Fsp3) is 0.607. The van der Waals surface area contributed by atoms with Crippen LogP contribution in [-0.4, -0.2) is 31.2 Å². The summed E-state index contributed by atoms with van der Waals surface area (Å²) >= 11 is 6.65. The number of carbonyl (C=O) groups excluding carboxylic acids is 1. The summed E-state index contributed by atoms with van der Waals surface area (Å²) in [6.07, 6.45) is 7.58. The van der Waals surface area contributed by atoms with Crippen molar-refractivity contribution in [2.75, 3.05) is 20.3 Å². The molecule has 0 bridgehead atoms. The Balaban J connectivity index is 2.42. The minimum Gasteiger partial charge on any atom is -0.507 e. The first kappa shape index (κ1) is 28.4. The van der Waals surface area contributed by atoms with Gasteiger partial charge in [-0.3, -0.25) is 4.79 Å². The van der Waals surface area contributed by atoms with Gasteiger partial charge in [0, 0.05) is 31.1 Å². The Morgan fingerprint density at radius 2 is 1.88 bits per heavy atom. The molecule has 6 heteroatoms. The highest BCUT2D eigenvalue weighted by atomic mass is 35.5. The van der Waals surface area contributed by atoms with Crippen LogP contribution in [0.4, 0.5) is 0 Å². The molecule has 0 radical (unpaired) electrons. The molecule has 3 atom stereocenters. The summed E-state index contributed by atoms with van der Waals surface area (Å²) in [6, 6.07) is 0. The van der Waals surface area contributed by atoms with Gasteiger partial charge in [-0.1, -0.05) is 56.2 Å². The standard InChI is InChI=1S/C28H41ClO5/c1-9-33-27(34-10-2)23-19(5)24(29)26(32-8)21(25(23)31)13-11-17(3)15-16-28(7)18(4)12-14-22(30)20(28)6/h11,15-16,18,20,27,31H,9-10,12-14H2,1-8H3/b16-15+,17-11+/t18-,20+,28+/m1/s1. The summed E-state index contributed by atoms with van der Waals surface area (Å²) < 4.78 is 17.1.